The summed E-state index contributed by atoms with van der Waals surface area (Å²) < 4.78 is 14.0. The first-order valence-corrected chi connectivity index (χ1v) is 6.85. The van der Waals surface area contributed by atoms with Gasteiger partial charge in [-0.25, -0.2) is 4.39 Å². The van der Waals surface area contributed by atoms with Gasteiger partial charge in [0.1, 0.15) is 5.82 Å². The molecule has 2 atom stereocenters. The van der Waals surface area contributed by atoms with Crippen molar-refractivity contribution in [2.24, 2.45) is 0 Å². The third-order valence-electron chi connectivity index (χ3n) is 3.85. The van der Waals surface area contributed by atoms with Crippen molar-refractivity contribution in [1.29, 1.82) is 0 Å². The molecule has 2 heterocycles. The molecule has 1 aliphatic heterocycles. The Kier molecular flexibility index (Phi) is 4.85. The third kappa shape index (κ3) is 3.29. The largest absolute Gasteiger partial charge is 0.309 e. The Bertz CT molecular complexity index is 412. The summed E-state index contributed by atoms with van der Waals surface area (Å²) in [5.41, 5.74) is 0.712. The summed E-state index contributed by atoms with van der Waals surface area (Å²) in [4.78, 5) is 8.45. The molecule has 0 amide bonds. The molecule has 5 heteroatoms. The Labute approximate surface area is 114 Å². The summed E-state index contributed by atoms with van der Waals surface area (Å²) in [7, 11) is 4.23. The van der Waals surface area contributed by atoms with E-state index in [0.717, 1.165) is 26.2 Å². The number of aromatic nitrogens is 1. The molecule has 0 radical (unpaired) electrons. The molecule has 1 aromatic rings. The molecule has 0 saturated carbocycles. The fraction of sp³-hybridized carbons (Fsp3) is 0.643. The molecule has 19 heavy (non-hydrogen) atoms. The van der Waals surface area contributed by atoms with Crippen molar-refractivity contribution in [2.45, 2.75) is 19.0 Å². The Morgan fingerprint density at radius 1 is 1.47 bits per heavy atom. The highest BCUT2D eigenvalue weighted by Gasteiger charge is 2.31. The lowest BCUT2D eigenvalue weighted by molar-refractivity contribution is 0.0870. The van der Waals surface area contributed by atoms with Gasteiger partial charge in [0.25, 0.3) is 0 Å². The van der Waals surface area contributed by atoms with Crippen LogP contribution in [-0.2, 0) is 0 Å². The predicted molar refractivity (Wildman–Crippen MR) is 74.5 cm³/mol. The van der Waals surface area contributed by atoms with E-state index >= 15 is 0 Å². The number of nitrogens with zero attached hydrogens (tertiary/aromatic N) is 3. The van der Waals surface area contributed by atoms with Gasteiger partial charge in [0, 0.05) is 37.4 Å². The van der Waals surface area contributed by atoms with Crippen LogP contribution >= 0.6 is 0 Å². The van der Waals surface area contributed by atoms with Gasteiger partial charge in [0.2, 0.25) is 0 Å². The highest BCUT2D eigenvalue weighted by molar-refractivity contribution is 5.20. The van der Waals surface area contributed by atoms with E-state index in [1.165, 1.54) is 6.20 Å². The second-order valence-corrected chi connectivity index (χ2v) is 5.24. The van der Waals surface area contributed by atoms with E-state index in [0.29, 0.717) is 5.56 Å². The van der Waals surface area contributed by atoms with Crippen molar-refractivity contribution in [3.8, 4) is 0 Å². The molecule has 0 spiro atoms. The predicted octanol–water partition coefficient (Wildman–Crippen LogP) is 1.12. The molecule has 2 rings (SSSR count). The number of pyridine rings is 1. The van der Waals surface area contributed by atoms with Gasteiger partial charge in [-0.05, 0) is 26.7 Å². The third-order valence-corrected chi connectivity index (χ3v) is 3.85. The van der Waals surface area contributed by atoms with E-state index in [1.807, 2.05) is 0 Å². The van der Waals surface area contributed by atoms with Gasteiger partial charge in [-0.15, -0.1) is 0 Å². The molecule has 2 unspecified atom stereocenters. The number of halogens is 1. The topological polar surface area (TPSA) is 31.4 Å². The standard InChI is InChI=1S/C14H23FN4/c1-4-17-14(11-5-6-16-9-12(11)15)13-10-18(2)7-8-19(13)3/h5-6,9,13-14,17H,4,7-8,10H2,1-3H3. The number of hydrogen-bond acceptors (Lipinski definition) is 4. The summed E-state index contributed by atoms with van der Waals surface area (Å²) in [5.74, 6) is -0.227. The van der Waals surface area contributed by atoms with Gasteiger partial charge in [-0.3, -0.25) is 9.88 Å². The van der Waals surface area contributed by atoms with Gasteiger partial charge in [-0.1, -0.05) is 6.92 Å². The first-order chi connectivity index (χ1) is 9.13. The van der Waals surface area contributed by atoms with Crippen LogP contribution in [0.5, 0.6) is 0 Å². The van der Waals surface area contributed by atoms with Crippen LogP contribution in [0.4, 0.5) is 4.39 Å². The Hall–Kier alpha value is -1.04. The van der Waals surface area contributed by atoms with E-state index in [4.69, 9.17) is 0 Å². The molecule has 4 nitrogen and oxygen atoms in total. The number of likely N-dealkylation sites (N-methyl/N-ethyl adjacent to an activating group) is 3. The van der Waals surface area contributed by atoms with Gasteiger partial charge >= 0.3 is 0 Å². The highest BCUT2D eigenvalue weighted by atomic mass is 19.1. The summed E-state index contributed by atoms with van der Waals surface area (Å²) in [6.07, 6.45) is 2.96. The number of hydrogen-bond donors (Lipinski definition) is 1. The number of rotatable bonds is 4. The highest BCUT2D eigenvalue weighted by Crippen LogP contribution is 2.24. The van der Waals surface area contributed by atoms with Crippen molar-refractivity contribution in [3.05, 3.63) is 29.8 Å². The second-order valence-electron chi connectivity index (χ2n) is 5.24. The zero-order chi connectivity index (χ0) is 13.8. The maximum atomic E-state index is 14.0. The van der Waals surface area contributed by atoms with Crippen molar-refractivity contribution in [1.82, 2.24) is 20.1 Å². The van der Waals surface area contributed by atoms with Crippen LogP contribution in [0.1, 0.15) is 18.5 Å². The van der Waals surface area contributed by atoms with Crippen molar-refractivity contribution >= 4 is 0 Å². The fourth-order valence-corrected chi connectivity index (χ4v) is 2.72. The molecular weight excluding hydrogens is 243 g/mol. The Morgan fingerprint density at radius 3 is 2.95 bits per heavy atom. The quantitative estimate of drug-likeness (QED) is 0.885. The van der Waals surface area contributed by atoms with E-state index in [1.54, 1.807) is 12.3 Å². The fourth-order valence-electron chi connectivity index (χ4n) is 2.72. The average molecular weight is 266 g/mol. The van der Waals surface area contributed by atoms with Gasteiger partial charge in [0.05, 0.1) is 12.2 Å². The van der Waals surface area contributed by atoms with Crippen LogP contribution < -0.4 is 5.32 Å². The molecule has 1 saturated heterocycles. The smallest absolute Gasteiger partial charge is 0.146 e. The molecule has 106 valence electrons. The summed E-state index contributed by atoms with van der Waals surface area (Å²) in [6, 6.07) is 2.06. The minimum Gasteiger partial charge on any atom is -0.309 e. The SMILES string of the molecule is CCNC(c1ccncc1F)C1CN(C)CCN1C. The van der Waals surface area contributed by atoms with E-state index in [2.05, 4.69) is 41.1 Å². The first-order valence-electron chi connectivity index (χ1n) is 6.85. The van der Waals surface area contributed by atoms with Gasteiger partial charge < -0.3 is 10.2 Å². The summed E-state index contributed by atoms with van der Waals surface area (Å²) in [5, 5.41) is 3.42. The molecule has 0 aromatic carbocycles. The lowest BCUT2D eigenvalue weighted by atomic mass is 9.96. The van der Waals surface area contributed by atoms with Crippen LogP contribution in [-0.4, -0.2) is 61.1 Å². The lowest BCUT2D eigenvalue weighted by Crippen LogP contribution is -2.55. The Balaban J connectivity index is 2.26. The summed E-state index contributed by atoms with van der Waals surface area (Å²) in [6.45, 7) is 5.88. The summed E-state index contributed by atoms with van der Waals surface area (Å²) >= 11 is 0. The number of piperazine rings is 1. The minimum absolute atomic E-state index is 0.000694. The van der Waals surface area contributed by atoms with E-state index in [-0.39, 0.29) is 17.9 Å². The molecular formula is C14H23FN4. The first kappa shape index (κ1) is 14.4. The molecule has 1 fully saturated rings. The van der Waals surface area contributed by atoms with Crippen LogP contribution in [0.25, 0.3) is 0 Å². The normalized spacial score (nSPS) is 23.5. The van der Waals surface area contributed by atoms with Crippen LogP contribution in [0.3, 0.4) is 0 Å². The molecule has 1 aromatic heterocycles. The average Bonchev–Trinajstić information content (AvgIpc) is 2.40. The molecule has 0 aliphatic carbocycles. The van der Waals surface area contributed by atoms with Crippen LogP contribution in [0, 0.1) is 5.82 Å². The number of nitrogens with one attached hydrogen (secondary N) is 1. The zero-order valence-corrected chi connectivity index (χ0v) is 11.9. The van der Waals surface area contributed by atoms with Gasteiger partial charge in [0.15, 0.2) is 0 Å². The maximum absolute atomic E-state index is 14.0. The minimum atomic E-state index is -0.227. The second kappa shape index (κ2) is 6.41. The van der Waals surface area contributed by atoms with Crippen LogP contribution in [0.15, 0.2) is 18.5 Å². The van der Waals surface area contributed by atoms with E-state index < -0.39 is 0 Å². The molecule has 0 bridgehead atoms. The monoisotopic (exact) mass is 266 g/mol. The maximum Gasteiger partial charge on any atom is 0.146 e. The van der Waals surface area contributed by atoms with Gasteiger partial charge in [-0.2, -0.15) is 0 Å². The van der Waals surface area contributed by atoms with Crippen molar-refractivity contribution in [2.75, 3.05) is 40.3 Å². The lowest BCUT2D eigenvalue weighted by Gasteiger charge is -2.42. The van der Waals surface area contributed by atoms with Crippen molar-refractivity contribution < 1.29 is 4.39 Å². The van der Waals surface area contributed by atoms with E-state index in [9.17, 15) is 4.39 Å². The van der Waals surface area contributed by atoms with Crippen LogP contribution in [0.2, 0.25) is 0 Å². The zero-order valence-electron chi connectivity index (χ0n) is 11.9. The molecule has 1 N–H and O–H groups in total. The molecule has 1 aliphatic rings. The van der Waals surface area contributed by atoms with Crippen molar-refractivity contribution in [3.63, 3.8) is 0 Å². The Morgan fingerprint density at radius 2 is 2.26 bits per heavy atom.